The molecule has 2 rings (SSSR count). The molecule has 0 aromatic heterocycles. The van der Waals surface area contributed by atoms with Crippen LogP contribution in [-0.4, -0.2) is 33.3 Å². The Kier molecular flexibility index (Phi) is 8.21. The van der Waals surface area contributed by atoms with E-state index in [9.17, 15) is 4.79 Å². The summed E-state index contributed by atoms with van der Waals surface area (Å²) in [5, 5.41) is 3.24. The molecule has 0 radical (unpaired) electrons. The summed E-state index contributed by atoms with van der Waals surface area (Å²) in [6.45, 7) is 4.12. The molecule has 0 unspecified atom stereocenters. The number of carbonyl (C=O) groups is 1. The second kappa shape index (κ2) is 10.6. The molecule has 0 heterocycles. The van der Waals surface area contributed by atoms with Crippen molar-refractivity contribution in [3.8, 4) is 23.0 Å². The number of methoxy groups -OCH3 is 3. The fourth-order valence-electron chi connectivity index (χ4n) is 2.62. The Bertz CT molecular complexity index is 880. The fourth-order valence-corrected chi connectivity index (χ4v) is 2.88. The Morgan fingerprint density at radius 1 is 1.07 bits per heavy atom. The van der Waals surface area contributed by atoms with Gasteiger partial charge in [0.1, 0.15) is 11.5 Å². The minimum Gasteiger partial charge on any atom is -0.497 e. The van der Waals surface area contributed by atoms with Crippen LogP contribution in [0, 0.1) is 0 Å². The summed E-state index contributed by atoms with van der Waals surface area (Å²) in [6.07, 6.45) is 3.05. The molecule has 156 valence electrons. The van der Waals surface area contributed by atoms with Gasteiger partial charge in [-0.1, -0.05) is 11.6 Å². The summed E-state index contributed by atoms with van der Waals surface area (Å²) in [5.41, 5.74) is 1.53. The van der Waals surface area contributed by atoms with E-state index >= 15 is 0 Å². The van der Waals surface area contributed by atoms with Crippen LogP contribution in [0.1, 0.15) is 25.0 Å². The van der Waals surface area contributed by atoms with Gasteiger partial charge < -0.3 is 24.3 Å². The van der Waals surface area contributed by atoms with Gasteiger partial charge in [0, 0.05) is 18.2 Å². The number of halogens is 1. The molecule has 2 aromatic carbocycles. The quantitative estimate of drug-likeness (QED) is 0.607. The molecule has 0 aliphatic rings. The van der Waals surface area contributed by atoms with E-state index in [0.717, 1.165) is 11.1 Å². The summed E-state index contributed by atoms with van der Waals surface area (Å²) < 4.78 is 21.6. The summed E-state index contributed by atoms with van der Waals surface area (Å²) in [6, 6.07) is 8.90. The summed E-state index contributed by atoms with van der Waals surface area (Å²) in [7, 11) is 4.71. The van der Waals surface area contributed by atoms with Crippen LogP contribution in [0.5, 0.6) is 23.0 Å². The molecule has 0 saturated carbocycles. The van der Waals surface area contributed by atoms with Gasteiger partial charge in [0.25, 0.3) is 0 Å². The largest absolute Gasteiger partial charge is 0.497 e. The highest BCUT2D eigenvalue weighted by atomic mass is 35.5. The van der Waals surface area contributed by atoms with Crippen molar-refractivity contribution in [3.63, 3.8) is 0 Å². The number of carbonyl (C=O) groups excluding carboxylic acids is 1. The Balaban J connectivity index is 2.08. The predicted molar refractivity (Wildman–Crippen MR) is 114 cm³/mol. The average Bonchev–Trinajstić information content (AvgIpc) is 2.71. The minimum atomic E-state index is -0.257. The Morgan fingerprint density at radius 3 is 2.41 bits per heavy atom. The van der Waals surface area contributed by atoms with Gasteiger partial charge in [0.15, 0.2) is 11.5 Å². The molecular formula is C22H26ClNO5. The summed E-state index contributed by atoms with van der Waals surface area (Å²) >= 11 is 6.31. The lowest BCUT2D eigenvalue weighted by Gasteiger charge is -2.15. The van der Waals surface area contributed by atoms with Crippen molar-refractivity contribution in [3.05, 3.63) is 52.6 Å². The first kappa shape index (κ1) is 22.4. The highest BCUT2D eigenvalue weighted by Gasteiger charge is 2.13. The molecule has 0 fully saturated rings. The van der Waals surface area contributed by atoms with Gasteiger partial charge in [-0.2, -0.15) is 0 Å². The van der Waals surface area contributed by atoms with Crippen LogP contribution in [0.2, 0.25) is 5.02 Å². The molecular weight excluding hydrogens is 394 g/mol. The Hall–Kier alpha value is -2.86. The zero-order valence-electron chi connectivity index (χ0n) is 17.2. The third kappa shape index (κ3) is 6.32. The predicted octanol–water partition coefficient (Wildman–Crippen LogP) is 4.48. The molecule has 29 heavy (non-hydrogen) atoms. The van der Waals surface area contributed by atoms with E-state index in [-0.39, 0.29) is 12.0 Å². The van der Waals surface area contributed by atoms with Crippen molar-refractivity contribution in [1.82, 2.24) is 5.32 Å². The third-order valence-electron chi connectivity index (χ3n) is 3.97. The maximum Gasteiger partial charge on any atom is 0.244 e. The third-order valence-corrected chi connectivity index (χ3v) is 4.25. The molecule has 2 aromatic rings. The van der Waals surface area contributed by atoms with Crippen LogP contribution in [0.3, 0.4) is 0 Å². The zero-order valence-corrected chi connectivity index (χ0v) is 18.0. The van der Waals surface area contributed by atoms with Crippen LogP contribution in [-0.2, 0) is 11.3 Å². The lowest BCUT2D eigenvalue weighted by molar-refractivity contribution is -0.116. The van der Waals surface area contributed by atoms with E-state index in [4.69, 9.17) is 30.5 Å². The van der Waals surface area contributed by atoms with E-state index in [0.29, 0.717) is 34.6 Å². The van der Waals surface area contributed by atoms with Gasteiger partial charge in [0.2, 0.25) is 5.91 Å². The van der Waals surface area contributed by atoms with Crippen molar-refractivity contribution in [1.29, 1.82) is 0 Å². The molecule has 1 N–H and O–H groups in total. The molecule has 0 aliphatic carbocycles. The van der Waals surface area contributed by atoms with Gasteiger partial charge in [-0.15, -0.1) is 0 Å². The van der Waals surface area contributed by atoms with E-state index < -0.39 is 0 Å². The molecule has 0 atom stereocenters. The number of benzene rings is 2. The first-order chi connectivity index (χ1) is 13.9. The topological polar surface area (TPSA) is 66.0 Å². The SMILES string of the molecule is COc1ccc(OC)c(CNC(=O)/C=C/c2cc(Cl)c(OC(C)C)c(OC)c2)c1. The zero-order chi connectivity index (χ0) is 21.4. The van der Waals surface area contributed by atoms with Crippen LogP contribution >= 0.6 is 11.6 Å². The number of rotatable bonds is 9. The molecule has 6 nitrogen and oxygen atoms in total. The lowest BCUT2D eigenvalue weighted by Crippen LogP contribution is -2.20. The molecule has 0 saturated heterocycles. The monoisotopic (exact) mass is 419 g/mol. The second-order valence-electron chi connectivity index (χ2n) is 6.43. The highest BCUT2D eigenvalue weighted by molar-refractivity contribution is 6.32. The lowest BCUT2D eigenvalue weighted by atomic mass is 10.1. The van der Waals surface area contributed by atoms with Crippen molar-refractivity contribution in [2.24, 2.45) is 0 Å². The Labute approximate surface area is 176 Å². The maximum atomic E-state index is 12.2. The summed E-state index contributed by atoms with van der Waals surface area (Å²) in [4.78, 5) is 12.2. The van der Waals surface area contributed by atoms with E-state index in [2.05, 4.69) is 5.32 Å². The van der Waals surface area contributed by atoms with Gasteiger partial charge in [-0.25, -0.2) is 0 Å². The van der Waals surface area contributed by atoms with Gasteiger partial charge in [0.05, 0.1) is 32.5 Å². The van der Waals surface area contributed by atoms with E-state index in [1.807, 2.05) is 19.9 Å². The number of nitrogens with one attached hydrogen (secondary N) is 1. The first-order valence-electron chi connectivity index (χ1n) is 9.09. The molecule has 0 spiro atoms. The summed E-state index contributed by atoms with van der Waals surface area (Å²) in [5.74, 6) is 2.10. The van der Waals surface area contributed by atoms with Crippen LogP contribution < -0.4 is 24.3 Å². The van der Waals surface area contributed by atoms with E-state index in [1.54, 1.807) is 51.7 Å². The maximum absolute atomic E-state index is 12.2. The van der Waals surface area contributed by atoms with Crippen LogP contribution in [0.25, 0.3) is 6.08 Å². The standard InChI is InChI=1S/C22H26ClNO5/c1-14(2)29-22-18(23)10-15(11-20(22)28-5)6-9-21(25)24-13-16-12-17(26-3)7-8-19(16)27-4/h6-12,14H,13H2,1-5H3,(H,24,25)/b9-6+. The average molecular weight is 420 g/mol. The van der Waals surface area contributed by atoms with Gasteiger partial charge >= 0.3 is 0 Å². The van der Waals surface area contributed by atoms with E-state index in [1.165, 1.54) is 6.08 Å². The van der Waals surface area contributed by atoms with Crippen molar-refractivity contribution < 1.29 is 23.7 Å². The van der Waals surface area contributed by atoms with Crippen LogP contribution in [0.4, 0.5) is 0 Å². The highest BCUT2D eigenvalue weighted by Crippen LogP contribution is 2.37. The number of hydrogen-bond donors (Lipinski definition) is 1. The van der Waals surface area contributed by atoms with Crippen molar-refractivity contribution in [2.75, 3.05) is 21.3 Å². The molecule has 7 heteroatoms. The molecule has 0 bridgehead atoms. The van der Waals surface area contributed by atoms with Gasteiger partial charge in [-0.3, -0.25) is 4.79 Å². The molecule has 0 aliphatic heterocycles. The van der Waals surface area contributed by atoms with Crippen molar-refractivity contribution >= 4 is 23.6 Å². The Morgan fingerprint density at radius 2 is 1.79 bits per heavy atom. The van der Waals surface area contributed by atoms with Crippen LogP contribution in [0.15, 0.2) is 36.4 Å². The van der Waals surface area contributed by atoms with Crippen molar-refractivity contribution in [2.45, 2.75) is 26.5 Å². The smallest absolute Gasteiger partial charge is 0.244 e. The number of amides is 1. The fraction of sp³-hybridized carbons (Fsp3) is 0.318. The van der Waals surface area contributed by atoms with Gasteiger partial charge in [-0.05, 0) is 55.8 Å². The minimum absolute atomic E-state index is 0.0397. The number of ether oxygens (including phenoxy) is 4. The molecule has 1 amide bonds. The first-order valence-corrected chi connectivity index (χ1v) is 9.46. The second-order valence-corrected chi connectivity index (χ2v) is 6.84. The number of hydrogen-bond acceptors (Lipinski definition) is 5. The normalized spacial score (nSPS) is 10.9.